The molecule has 0 radical (unpaired) electrons. The molecule has 1 saturated heterocycles. The van der Waals surface area contributed by atoms with Gasteiger partial charge in [0.15, 0.2) is 0 Å². The van der Waals surface area contributed by atoms with Gasteiger partial charge in [0.2, 0.25) is 11.5 Å². The van der Waals surface area contributed by atoms with Crippen LogP contribution in [-0.4, -0.2) is 41.9 Å². The minimum atomic E-state index is -5.02. The number of hydrogen-bond acceptors (Lipinski definition) is 5. The van der Waals surface area contributed by atoms with Crippen LogP contribution in [0, 0.1) is 6.92 Å². The lowest BCUT2D eigenvalue weighted by Crippen LogP contribution is -2.49. The van der Waals surface area contributed by atoms with Crippen LogP contribution < -0.4 is 5.32 Å². The zero-order chi connectivity index (χ0) is 21.1. The first-order valence-corrected chi connectivity index (χ1v) is 10.2. The Labute approximate surface area is 170 Å². The molecule has 2 heterocycles. The van der Waals surface area contributed by atoms with Gasteiger partial charge < -0.3 is 15.2 Å². The zero-order valence-corrected chi connectivity index (χ0v) is 16.8. The van der Waals surface area contributed by atoms with E-state index in [1.165, 1.54) is 12.3 Å². The first kappa shape index (κ1) is 21.7. The largest absolute Gasteiger partial charge is 0.424 e. The Morgan fingerprint density at radius 3 is 2.48 bits per heavy atom. The number of rotatable bonds is 6. The van der Waals surface area contributed by atoms with Crippen LogP contribution in [0.2, 0.25) is 0 Å². The molecule has 5 nitrogen and oxygen atoms in total. The number of nitrogens with one attached hydrogen (secondary N) is 1. The average Bonchev–Trinajstić information content (AvgIpc) is 3.14. The SMILES string of the molecule is Cc1csc(C(O)(CC(=O)NCC2(c3ccccc3)CCOCC2)C(F)(F)F)n1. The van der Waals surface area contributed by atoms with Crippen molar-refractivity contribution in [2.24, 2.45) is 0 Å². The highest BCUT2D eigenvalue weighted by atomic mass is 32.1. The number of aliphatic hydroxyl groups is 1. The number of alkyl halides is 3. The predicted octanol–water partition coefficient (Wildman–Crippen LogP) is 3.46. The number of nitrogens with zero attached hydrogens (tertiary/aromatic N) is 1. The molecule has 1 atom stereocenters. The molecule has 1 aromatic carbocycles. The fourth-order valence-corrected chi connectivity index (χ4v) is 4.44. The smallest absolute Gasteiger partial charge is 0.381 e. The van der Waals surface area contributed by atoms with E-state index in [1.54, 1.807) is 0 Å². The molecule has 1 aliphatic rings. The normalized spacial score (nSPS) is 18.8. The van der Waals surface area contributed by atoms with E-state index in [0.29, 0.717) is 43.1 Å². The van der Waals surface area contributed by atoms with Crippen molar-refractivity contribution in [1.29, 1.82) is 0 Å². The molecule has 0 bridgehead atoms. The third-order valence-corrected chi connectivity index (χ3v) is 6.43. The van der Waals surface area contributed by atoms with Crippen molar-refractivity contribution in [2.75, 3.05) is 19.8 Å². The molecule has 29 heavy (non-hydrogen) atoms. The van der Waals surface area contributed by atoms with Crippen LogP contribution >= 0.6 is 11.3 Å². The zero-order valence-electron chi connectivity index (χ0n) is 16.0. The van der Waals surface area contributed by atoms with E-state index in [-0.39, 0.29) is 6.54 Å². The summed E-state index contributed by atoms with van der Waals surface area (Å²) >= 11 is 0.690. The van der Waals surface area contributed by atoms with Gasteiger partial charge in [-0.15, -0.1) is 11.3 Å². The second kappa shape index (κ2) is 8.41. The van der Waals surface area contributed by atoms with Crippen molar-refractivity contribution in [3.05, 3.63) is 52.0 Å². The summed E-state index contributed by atoms with van der Waals surface area (Å²) in [7, 11) is 0. The number of aryl methyl sites for hydroxylation is 1. The first-order chi connectivity index (χ1) is 13.7. The van der Waals surface area contributed by atoms with Crippen LogP contribution in [0.4, 0.5) is 13.2 Å². The second-order valence-electron chi connectivity index (χ2n) is 7.36. The third kappa shape index (κ3) is 4.62. The van der Waals surface area contributed by atoms with Crippen LogP contribution in [0.5, 0.6) is 0 Å². The minimum absolute atomic E-state index is 0.171. The van der Waals surface area contributed by atoms with E-state index in [4.69, 9.17) is 4.74 Å². The molecule has 9 heteroatoms. The van der Waals surface area contributed by atoms with E-state index in [2.05, 4.69) is 10.3 Å². The van der Waals surface area contributed by atoms with Crippen molar-refractivity contribution in [2.45, 2.75) is 43.4 Å². The predicted molar refractivity (Wildman–Crippen MR) is 103 cm³/mol. The number of thiazole rings is 1. The molecule has 0 saturated carbocycles. The summed E-state index contributed by atoms with van der Waals surface area (Å²) in [6, 6.07) is 9.56. The number of hydrogen-bond donors (Lipinski definition) is 2. The van der Waals surface area contributed by atoms with Gasteiger partial charge in [0.1, 0.15) is 5.01 Å². The van der Waals surface area contributed by atoms with E-state index < -0.39 is 34.5 Å². The Morgan fingerprint density at radius 1 is 1.28 bits per heavy atom. The Balaban J connectivity index is 1.76. The standard InChI is InChI=1S/C20H23F3N2O3S/c1-14-12-29-17(25-14)19(27,20(21,22)23)11-16(26)24-13-18(7-9-28-10-8-18)15-5-3-2-4-6-15/h2-6,12,27H,7-11,13H2,1H3,(H,24,26). The van der Waals surface area contributed by atoms with Gasteiger partial charge in [0, 0.05) is 36.2 Å². The molecule has 158 valence electrons. The molecule has 1 unspecified atom stereocenters. The van der Waals surface area contributed by atoms with Gasteiger partial charge in [-0.3, -0.25) is 4.79 Å². The monoisotopic (exact) mass is 428 g/mol. The Kier molecular flexibility index (Phi) is 6.30. The van der Waals surface area contributed by atoms with Crippen molar-refractivity contribution < 1.29 is 27.8 Å². The highest BCUT2D eigenvalue weighted by Crippen LogP contribution is 2.43. The van der Waals surface area contributed by atoms with Crippen LogP contribution in [0.15, 0.2) is 35.7 Å². The Morgan fingerprint density at radius 2 is 1.93 bits per heavy atom. The van der Waals surface area contributed by atoms with Gasteiger partial charge in [-0.05, 0) is 25.3 Å². The van der Waals surface area contributed by atoms with Crippen molar-refractivity contribution in [1.82, 2.24) is 10.3 Å². The lowest BCUT2D eigenvalue weighted by atomic mass is 9.74. The molecule has 2 aromatic rings. The van der Waals surface area contributed by atoms with Gasteiger partial charge in [0.25, 0.3) is 0 Å². The molecule has 1 amide bonds. The summed E-state index contributed by atoms with van der Waals surface area (Å²) in [5.74, 6) is -0.875. The average molecular weight is 428 g/mol. The second-order valence-corrected chi connectivity index (χ2v) is 8.22. The summed E-state index contributed by atoms with van der Waals surface area (Å²) < 4.78 is 46.3. The Hall–Kier alpha value is -1.97. The lowest BCUT2D eigenvalue weighted by Gasteiger charge is -2.38. The van der Waals surface area contributed by atoms with E-state index in [9.17, 15) is 23.1 Å². The van der Waals surface area contributed by atoms with Crippen LogP contribution in [-0.2, 0) is 20.5 Å². The maximum Gasteiger partial charge on any atom is 0.424 e. The van der Waals surface area contributed by atoms with Gasteiger partial charge in [0.05, 0.1) is 6.42 Å². The van der Waals surface area contributed by atoms with Gasteiger partial charge >= 0.3 is 6.18 Å². The molecule has 2 N–H and O–H groups in total. The van der Waals surface area contributed by atoms with Gasteiger partial charge in [-0.25, -0.2) is 4.98 Å². The topological polar surface area (TPSA) is 71.5 Å². The molecule has 1 aliphatic heterocycles. The fourth-order valence-electron chi connectivity index (χ4n) is 3.53. The Bertz CT molecular complexity index is 835. The number of ether oxygens (including phenoxy) is 1. The third-order valence-electron chi connectivity index (χ3n) is 5.32. The summed E-state index contributed by atoms with van der Waals surface area (Å²) in [5.41, 5.74) is -2.36. The first-order valence-electron chi connectivity index (χ1n) is 9.28. The molecule has 3 rings (SSSR count). The number of aromatic nitrogens is 1. The van der Waals surface area contributed by atoms with Crippen LogP contribution in [0.1, 0.15) is 35.5 Å². The van der Waals surface area contributed by atoms with E-state index in [0.717, 1.165) is 5.56 Å². The van der Waals surface area contributed by atoms with Crippen LogP contribution in [0.3, 0.4) is 0 Å². The van der Waals surface area contributed by atoms with Crippen LogP contribution in [0.25, 0.3) is 0 Å². The number of benzene rings is 1. The lowest BCUT2D eigenvalue weighted by molar-refractivity contribution is -0.267. The maximum atomic E-state index is 13.6. The highest BCUT2D eigenvalue weighted by Gasteiger charge is 2.58. The number of halogens is 3. The number of carbonyl (C=O) groups is 1. The summed E-state index contributed by atoms with van der Waals surface area (Å²) in [6.45, 7) is 2.72. The van der Waals surface area contributed by atoms with E-state index >= 15 is 0 Å². The summed E-state index contributed by atoms with van der Waals surface area (Å²) in [6.07, 6.45) is -4.87. The number of carbonyl (C=O) groups excluding carboxylic acids is 1. The molecular weight excluding hydrogens is 405 g/mol. The van der Waals surface area contributed by atoms with Crippen molar-refractivity contribution >= 4 is 17.2 Å². The minimum Gasteiger partial charge on any atom is -0.381 e. The highest BCUT2D eigenvalue weighted by molar-refractivity contribution is 7.09. The van der Waals surface area contributed by atoms with Gasteiger partial charge in [-0.2, -0.15) is 13.2 Å². The molecule has 1 aromatic heterocycles. The van der Waals surface area contributed by atoms with Crippen molar-refractivity contribution in [3.63, 3.8) is 0 Å². The quantitative estimate of drug-likeness (QED) is 0.739. The summed E-state index contributed by atoms with van der Waals surface area (Å²) in [5, 5.41) is 13.9. The maximum absolute atomic E-state index is 13.6. The molecule has 0 spiro atoms. The number of amides is 1. The fraction of sp³-hybridized carbons (Fsp3) is 0.500. The molecule has 0 aliphatic carbocycles. The van der Waals surface area contributed by atoms with Gasteiger partial charge in [-0.1, -0.05) is 30.3 Å². The molecular formula is C20H23F3N2O3S. The molecule has 1 fully saturated rings. The van der Waals surface area contributed by atoms with E-state index in [1.807, 2.05) is 30.3 Å². The summed E-state index contributed by atoms with van der Waals surface area (Å²) in [4.78, 5) is 16.2. The van der Waals surface area contributed by atoms with Crippen molar-refractivity contribution in [3.8, 4) is 0 Å².